The molecule has 0 spiro atoms. The molecule has 1 aromatic heterocycles. The molecule has 2 heterocycles. The monoisotopic (exact) mass is 415 g/mol. The van der Waals surface area contributed by atoms with Crippen molar-refractivity contribution in [2.45, 2.75) is 19.8 Å². The van der Waals surface area contributed by atoms with Crippen molar-refractivity contribution in [1.29, 1.82) is 0 Å². The molecule has 4 rings (SSSR count). The van der Waals surface area contributed by atoms with Crippen LogP contribution in [0.2, 0.25) is 0 Å². The predicted octanol–water partition coefficient (Wildman–Crippen LogP) is 4.44. The maximum absolute atomic E-state index is 12.6. The molecule has 0 unspecified atom stereocenters. The van der Waals surface area contributed by atoms with Crippen molar-refractivity contribution >= 4 is 12.0 Å². The molecule has 5 nitrogen and oxygen atoms in total. The third-order valence-corrected chi connectivity index (χ3v) is 5.64. The summed E-state index contributed by atoms with van der Waals surface area (Å²) in [5, 5.41) is 0. The molecule has 31 heavy (non-hydrogen) atoms. The van der Waals surface area contributed by atoms with Crippen LogP contribution >= 0.6 is 0 Å². The largest absolute Gasteiger partial charge is 0.441 e. The summed E-state index contributed by atoms with van der Waals surface area (Å²) in [7, 11) is 0. The Bertz CT molecular complexity index is 1000. The first kappa shape index (κ1) is 21.1. The molecule has 1 amide bonds. The Morgan fingerprint density at radius 3 is 2.52 bits per heavy atom. The molecule has 1 aliphatic rings. The van der Waals surface area contributed by atoms with E-state index >= 15 is 0 Å². The standard InChI is InChI=1S/C26H29N3O2/c1-21-9-11-23(12-10-21)24-20-27-25(31-24)13-14-26(30)29-18-16-28(17-19-29)15-5-8-22-6-3-2-4-7-22/h2-12,20H,13-19H2,1H3/b8-5+. The number of nitrogens with zero attached hydrogens (tertiary/aromatic N) is 3. The summed E-state index contributed by atoms with van der Waals surface area (Å²) in [5.74, 6) is 1.54. The van der Waals surface area contributed by atoms with Gasteiger partial charge >= 0.3 is 0 Å². The summed E-state index contributed by atoms with van der Waals surface area (Å²) in [5.41, 5.74) is 3.43. The molecule has 0 saturated carbocycles. The molecule has 0 radical (unpaired) electrons. The van der Waals surface area contributed by atoms with E-state index in [2.05, 4.69) is 53.2 Å². The van der Waals surface area contributed by atoms with Crippen LogP contribution in [-0.4, -0.2) is 53.4 Å². The van der Waals surface area contributed by atoms with Gasteiger partial charge in [0.05, 0.1) is 6.20 Å². The van der Waals surface area contributed by atoms with E-state index in [9.17, 15) is 4.79 Å². The fourth-order valence-electron chi connectivity index (χ4n) is 3.73. The van der Waals surface area contributed by atoms with Crippen molar-refractivity contribution in [3.63, 3.8) is 0 Å². The van der Waals surface area contributed by atoms with Crippen molar-refractivity contribution < 1.29 is 9.21 Å². The van der Waals surface area contributed by atoms with Crippen LogP contribution < -0.4 is 0 Å². The number of rotatable bonds is 7. The van der Waals surface area contributed by atoms with Gasteiger partial charge in [-0.1, -0.05) is 72.3 Å². The van der Waals surface area contributed by atoms with Gasteiger partial charge in [0.25, 0.3) is 0 Å². The summed E-state index contributed by atoms with van der Waals surface area (Å²) in [6.45, 7) is 6.33. The quantitative estimate of drug-likeness (QED) is 0.572. The average Bonchev–Trinajstić information content (AvgIpc) is 3.28. The Morgan fingerprint density at radius 2 is 1.77 bits per heavy atom. The van der Waals surface area contributed by atoms with Crippen LogP contribution in [-0.2, 0) is 11.2 Å². The first-order valence-electron chi connectivity index (χ1n) is 10.9. The van der Waals surface area contributed by atoms with E-state index in [1.807, 2.05) is 35.2 Å². The number of amides is 1. The third-order valence-electron chi connectivity index (χ3n) is 5.64. The highest BCUT2D eigenvalue weighted by Crippen LogP contribution is 2.21. The first-order chi connectivity index (χ1) is 15.2. The Morgan fingerprint density at radius 1 is 1.03 bits per heavy atom. The topological polar surface area (TPSA) is 49.6 Å². The van der Waals surface area contributed by atoms with Gasteiger partial charge < -0.3 is 9.32 Å². The van der Waals surface area contributed by atoms with Crippen LogP contribution in [0.4, 0.5) is 0 Å². The molecule has 0 atom stereocenters. The molecule has 1 saturated heterocycles. The Hall–Kier alpha value is -3.18. The van der Waals surface area contributed by atoms with Gasteiger partial charge in [-0.3, -0.25) is 9.69 Å². The number of aromatic nitrogens is 1. The number of carbonyl (C=O) groups excluding carboxylic acids is 1. The van der Waals surface area contributed by atoms with Gasteiger partial charge in [-0.05, 0) is 12.5 Å². The zero-order valence-corrected chi connectivity index (χ0v) is 18.0. The fraction of sp³-hybridized carbons (Fsp3) is 0.308. The van der Waals surface area contributed by atoms with E-state index in [1.165, 1.54) is 11.1 Å². The van der Waals surface area contributed by atoms with Gasteiger partial charge in [0, 0.05) is 51.1 Å². The number of aryl methyl sites for hydroxylation is 2. The maximum atomic E-state index is 12.6. The van der Waals surface area contributed by atoms with Crippen molar-refractivity contribution in [3.05, 3.63) is 83.9 Å². The molecular weight excluding hydrogens is 386 g/mol. The lowest BCUT2D eigenvalue weighted by molar-refractivity contribution is -0.132. The summed E-state index contributed by atoms with van der Waals surface area (Å²) >= 11 is 0. The second-order valence-corrected chi connectivity index (χ2v) is 7.98. The van der Waals surface area contributed by atoms with Gasteiger partial charge in [-0.2, -0.15) is 0 Å². The Labute approximate surface area is 184 Å². The molecule has 5 heteroatoms. The lowest BCUT2D eigenvalue weighted by Crippen LogP contribution is -2.48. The predicted molar refractivity (Wildman–Crippen MR) is 123 cm³/mol. The summed E-state index contributed by atoms with van der Waals surface area (Å²) < 4.78 is 5.85. The van der Waals surface area contributed by atoms with Gasteiger partial charge in [-0.25, -0.2) is 4.98 Å². The smallest absolute Gasteiger partial charge is 0.223 e. The molecule has 1 fully saturated rings. The van der Waals surface area contributed by atoms with Crippen LogP contribution in [0.5, 0.6) is 0 Å². The second kappa shape index (κ2) is 10.2. The number of benzene rings is 2. The van der Waals surface area contributed by atoms with Gasteiger partial charge in [0.15, 0.2) is 11.7 Å². The van der Waals surface area contributed by atoms with Crippen LogP contribution in [0.25, 0.3) is 17.4 Å². The van der Waals surface area contributed by atoms with E-state index in [4.69, 9.17) is 4.42 Å². The van der Waals surface area contributed by atoms with Crippen molar-refractivity contribution in [2.24, 2.45) is 0 Å². The SMILES string of the molecule is Cc1ccc(-c2cnc(CCC(=O)N3CCN(C/C=C/c4ccccc4)CC3)o2)cc1. The van der Waals surface area contributed by atoms with Crippen LogP contribution in [0.3, 0.4) is 0 Å². The zero-order valence-electron chi connectivity index (χ0n) is 18.0. The van der Waals surface area contributed by atoms with Gasteiger partial charge in [0.1, 0.15) is 0 Å². The van der Waals surface area contributed by atoms with Crippen LogP contribution in [0.15, 0.2) is 71.3 Å². The highest BCUT2D eigenvalue weighted by Gasteiger charge is 2.20. The minimum atomic E-state index is 0.176. The van der Waals surface area contributed by atoms with E-state index < -0.39 is 0 Å². The molecule has 1 aliphatic heterocycles. The van der Waals surface area contributed by atoms with E-state index in [0.717, 1.165) is 44.0 Å². The Balaban J connectivity index is 1.20. The highest BCUT2D eigenvalue weighted by atomic mass is 16.4. The molecule has 0 aliphatic carbocycles. The Kier molecular flexibility index (Phi) is 6.95. The number of oxazole rings is 1. The molecule has 3 aromatic rings. The van der Waals surface area contributed by atoms with Crippen LogP contribution in [0, 0.1) is 6.92 Å². The third kappa shape index (κ3) is 5.92. The lowest BCUT2D eigenvalue weighted by Gasteiger charge is -2.34. The minimum absolute atomic E-state index is 0.176. The molecule has 0 bridgehead atoms. The second-order valence-electron chi connectivity index (χ2n) is 7.98. The molecule has 160 valence electrons. The van der Waals surface area contributed by atoms with Crippen molar-refractivity contribution in [3.8, 4) is 11.3 Å². The summed E-state index contributed by atoms with van der Waals surface area (Å²) in [4.78, 5) is 21.3. The van der Waals surface area contributed by atoms with Crippen molar-refractivity contribution in [1.82, 2.24) is 14.8 Å². The maximum Gasteiger partial charge on any atom is 0.223 e. The zero-order chi connectivity index (χ0) is 21.5. The van der Waals surface area contributed by atoms with E-state index in [-0.39, 0.29) is 5.91 Å². The molecular formula is C26H29N3O2. The first-order valence-corrected chi connectivity index (χ1v) is 10.9. The number of carbonyl (C=O) groups is 1. The minimum Gasteiger partial charge on any atom is -0.441 e. The number of hydrogen-bond acceptors (Lipinski definition) is 4. The average molecular weight is 416 g/mol. The van der Waals surface area contributed by atoms with Crippen molar-refractivity contribution in [2.75, 3.05) is 32.7 Å². The fourth-order valence-corrected chi connectivity index (χ4v) is 3.73. The number of hydrogen-bond donors (Lipinski definition) is 0. The van der Waals surface area contributed by atoms with Gasteiger partial charge in [-0.15, -0.1) is 0 Å². The molecule has 0 N–H and O–H groups in total. The molecule has 2 aromatic carbocycles. The van der Waals surface area contributed by atoms with E-state index in [1.54, 1.807) is 6.20 Å². The van der Waals surface area contributed by atoms with Crippen LogP contribution in [0.1, 0.15) is 23.4 Å². The number of piperazine rings is 1. The lowest BCUT2D eigenvalue weighted by atomic mass is 10.1. The highest BCUT2D eigenvalue weighted by molar-refractivity contribution is 5.76. The van der Waals surface area contributed by atoms with E-state index in [0.29, 0.717) is 18.7 Å². The summed E-state index contributed by atoms with van der Waals surface area (Å²) in [6, 6.07) is 18.5. The normalized spacial score (nSPS) is 14.9. The summed E-state index contributed by atoms with van der Waals surface area (Å²) in [6.07, 6.45) is 7.05. The van der Waals surface area contributed by atoms with Gasteiger partial charge in [0.2, 0.25) is 5.91 Å².